The van der Waals surface area contributed by atoms with Crippen molar-refractivity contribution >= 4 is 17.3 Å². The zero-order valence-corrected chi connectivity index (χ0v) is 9.18. The maximum Gasteiger partial charge on any atom is 0.192 e. The maximum atomic E-state index is 11.1. The molecule has 0 N–H and O–H groups in total. The summed E-state index contributed by atoms with van der Waals surface area (Å²) in [6, 6.07) is 8.60. The highest BCUT2D eigenvalue weighted by atomic mass is 16.3. The van der Waals surface area contributed by atoms with Gasteiger partial charge in [-0.3, -0.25) is 4.79 Å². The van der Waals surface area contributed by atoms with Gasteiger partial charge in [-0.2, -0.15) is 0 Å². The summed E-state index contributed by atoms with van der Waals surface area (Å²) in [6.07, 6.45) is 4.02. The Morgan fingerprint density at radius 3 is 2.56 bits per heavy atom. The SMILES string of the molecule is CCCC=O.O=c1ccoc2ccccc12. The first kappa shape index (κ1) is 12.2. The van der Waals surface area contributed by atoms with Gasteiger partial charge >= 0.3 is 0 Å². The number of aldehydes is 1. The molecule has 0 bridgehead atoms. The molecule has 0 radical (unpaired) electrons. The lowest BCUT2D eigenvalue weighted by atomic mass is 10.2. The number of hydrogen-bond donors (Lipinski definition) is 0. The van der Waals surface area contributed by atoms with Crippen molar-refractivity contribution < 1.29 is 9.21 Å². The Morgan fingerprint density at radius 2 is 2.00 bits per heavy atom. The maximum absolute atomic E-state index is 11.1. The number of unbranched alkanes of at least 4 members (excludes halogenated alkanes) is 1. The van der Waals surface area contributed by atoms with Crippen LogP contribution in [0.2, 0.25) is 0 Å². The van der Waals surface area contributed by atoms with Gasteiger partial charge in [0, 0.05) is 12.5 Å². The van der Waals surface area contributed by atoms with E-state index in [0.29, 0.717) is 17.4 Å². The zero-order chi connectivity index (χ0) is 11.8. The van der Waals surface area contributed by atoms with Gasteiger partial charge in [-0.1, -0.05) is 19.1 Å². The van der Waals surface area contributed by atoms with Gasteiger partial charge in [-0.15, -0.1) is 0 Å². The molecule has 2 aromatic rings. The Kier molecular flexibility index (Phi) is 4.99. The Morgan fingerprint density at radius 1 is 1.25 bits per heavy atom. The molecule has 0 spiro atoms. The average molecular weight is 218 g/mol. The van der Waals surface area contributed by atoms with E-state index >= 15 is 0 Å². The van der Waals surface area contributed by atoms with Gasteiger partial charge in [0.15, 0.2) is 5.43 Å². The lowest BCUT2D eigenvalue weighted by Gasteiger charge is -1.91. The van der Waals surface area contributed by atoms with E-state index in [1.165, 1.54) is 12.3 Å². The second-order valence-electron chi connectivity index (χ2n) is 3.24. The van der Waals surface area contributed by atoms with Crippen molar-refractivity contribution in [1.82, 2.24) is 0 Å². The predicted molar refractivity (Wildman–Crippen MR) is 63.5 cm³/mol. The number of carbonyl (C=O) groups excluding carboxylic acids is 1. The molecule has 16 heavy (non-hydrogen) atoms. The van der Waals surface area contributed by atoms with E-state index in [4.69, 9.17) is 4.42 Å². The molecule has 0 unspecified atom stereocenters. The highest BCUT2D eigenvalue weighted by molar-refractivity contribution is 5.75. The highest BCUT2D eigenvalue weighted by Crippen LogP contribution is 2.06. The van der Waals surface area contributed by atoms with E-state index in [2.05, 4.69) is 0 Å². The molecule has 0 saturated heterocycles. The molecule has 0 saturated carbocycles. The number of carbonyl (C=O) groups is 1. The first-order valence-electron chi connectivity index (χ1n) is 5.19. The fourth-order valence-electron chi connectivity index (χ4n) is 1.15. The van der Waals surface area contributed by atoms with Crippen LogP contribution in [0, 0.1) is 0 Å². The molecule has 3 heteroatoms. The third kappa shape index (κ3) is 3.35. The van der Waals surface area contributed by atoms with Crippen LogP contribution >= 0.6 is 0 Å². The van der Waals surface area contributed by atoms with Crippen LogP contribution in [0.1, 0.15) is 19.8 Å². The van der Waals surface area contributed by atoms with Gasteiger partial charge in [-0.25, -0.2) is 0 Å². The molecule has 3 nitrogen and oxygen atoms in total. The second kappa shape index (κ2) is 6.56. The summed E-state index contributed by atoms with van der Waals surface area (Å²) < 4.78 is 5.09. The van der Waals surface area contributed by atoms with Gasteiger partial charge in [0.2, 0.25) is 0 Å². The Bertz CT molecular complexity index is 494. The van der Waals surface area contributed by atoms with E-state index in [0.717, 1.165) is 12.7 Å². The van der Waals surface area contributed by atoms with Crippen LogP contribution in [-0.2, 0) is 4.79 Å². The van der Waals surface area contributed by atoms with Crippen molar-refractivity contribution in [3.05, 3.63) is 46.8 Å². The van der Waals surface area contributed by atoms with E-state index < -0.39 is 0 Å². The molecule has 0 aliphatic heterocycles. The van der Waals surface area contributed by atoms with Crippen LogP contribution in [0.5, 0.6) is 0 Å². The molecule has 0 amide bonds. The second-order valence-corrected chi connectivity index (χ2v) is 3.24. The molecule has 1 heterocycles. The third-order valence-electron chi connectivity index (χ3n) is 1.97. The summed E-state index contributed by atoms with van der Waals surface area (Å²) in [4.78, 5) is 20.5. The smallest absolute Gasteiger partial charge is 0.192 e. The average Bonchev–Trinajstić information content (AvgIpc) is 2.32. The summed E-state index contributed by atoms with van der Waals surface area (Å²) in [5, 5.41) is 0.634. The highest BCUT2D eigenvalue weighted by Gasteiger charge is 1.95. The van der Waals surface area contributed by atoms with Crippen molar-refractivity contribution in [2.45, 2.75) is 19.8 Å². The van der Waals surface area contributed by atoms with Crippen molar-refractivity contribution in [1.29, 1.82) is 0 Å². The largest absolute Gasteiger partial charge is 0.464 e. The normalized spacial score (nSPS) is 9.31. The van der Waals surface area contributed by atoms with Crippen LogP contribution in [-0.4, -0.2) is 6.29 Å². The van der Waals surface area contributed by atoms with E-state index in [-0.39, 0.29) is 5.43 Å². The van der Waals surface area contributed by atoms with Crippen molar-refractivity contribution in [3.8, 4) is 0 Å². The van der Waals surface area contributed by atoms with Gasteiger partial charge < -0.3 is 9.21 Å². The molecule has 0 aliphatic carbocycles. The fourth-order valence-corrected chi connectivity index (χ4v) is 1.15. The number of fused-ring (bicyclic) bond motifs is 1. The molecule has 84 valence electrons. The van der Waals surface area contributed by atoms with Crippen molar-refractivity contribution in [2.24, 2.45) is 0 Å². The lowest BCUT2D eigenvalue weighted by molar-refractivity contribution is -0.107. The minimum atomic E-state index is 0.00634. The fraction of sp³-hybridized carbons (Fsp3) is 0.231. The first-order valence-corrected chi connectivity index (χ1v) is 5.19. The quantitative estimate of drug-likeness (QED) is 0.728. The van der Waals surface area contributed by atoms with Gasteiger partial charge in [0.05, 0.1) is 11.6 Å². The number of rotatable bonds is 2. The Balaban J connectivity index is 0.000000221. The molecular formula is C13H14O3. The standard InChI is InChI=1S/C9H6O2.C4H8O/c10-8-5-6-11-9-4-2-1-3-7(8)9;1-2-3-4-5/h1-6H;4H,2-3H2,1H3. The topological polar surface area (TPSA) is 47.3 Å². The predicted octanol–water partition coefficient (Wildman–Crippen LogP) is 2.78. The lowest BCUT2D eigenvalue weighted by Crippen LogP contribution is -1.96. The summed E-state index contributed by atoms with van der Waals surface area (Å²) in [7, 11) is 0. The van der Waals surface area contributed by atoms with Crippen LogP contribution in [0.25, 0.3) is 11.0 Å². The molecule has 0 aliphatic rings. The van der Waals surface area contributed by atoms with E-state index in [1.54, 1.807) is 12.1 Å². The zero-order valence-electron chi connectivity index (χ0n) is 9.18. The number of benzene rings is 1. The summed E-state index contributed by atoms with van der Waals surface area (Å²) >= 11 is 0. The van der Waals surface area contributed by atoms with Gasteiger partial charge in [0.1, 0.15) is 11.9 Å². The molecule has 0 fully saturated rings. The molecule has 0 atom stereocenters. The van der Waals surface area contributed by atoms with Crippen LogP contribution < -0.4 is 5.43 Å². The minimum absolute atomic E-state index is 0.00634. The minimum Gasteiger partial charge on any atom is -0.464 e. The number of para-hydroxylation sites is 1. The Hall–Kier alpha value is -1.90. The Labute approximate surface area is 93.7 Å². The van der Waals surface area contributed by atoms with E-state index in [9.17, 15) is 9.59 Å². The summed E-state index contributed by atoms with van der Waals surface area (Å²) in [5.41, 5.74) is 0.645. The third-order valence-corrected chi connectivity index (χ3v) is 1.97. The van der Waals surface area contributed by atoms with Crippen LogP contribution in [0.4, 0.5) is 0 Å². The van der Waals surface area contributed by atoms with Gasteiger partial charge in [-0.05, 0) is 18.6 Å². The van der Waals surface area contributed by atoms with Gasteiger partial charge in [0.25, 0.3) is 0 Å². The number of hydrogen-bond acceptors (Lipinski definition) is 3. The molecular weight excluding hydrogens is 204 g/mol. The molecule has 2 rings (SSSR count). The van der Waals surface area contributed by atoms with Crippen molar-refractivity contribution in [2.75, 3.05) is 0 Å². The van der Waals surface area contributed by atoms with E-state index in [1.807, 2.05) is 19.1 Å². The summed E-state index contributed by atoms with van der Waals surface area (Å²) in [6.45, 7) is 1.98. The van der Waals surface area contributed by atoms with Crippen LogP contribution in [0.15, 0.2) is 45.8 Å². The first-order chi connectivity index (χ1) is 7.79. The van der Waals surface area contributed by atoms with Crippen molar-refractivity contribution in [3.63, 3.8) is 0 Å². The molecule has 1 aromatic carbocycles. The monoisotopic (exact) mass is 218 g/mol. The van der Waals surface area contributed by atoms with Crippen LogP contribution in [0.3, 0.4) is 0 Å². The molecule has 1 aromatic heterocycles. The summed E-state index contributed by atoms with van der Waals surface area (Å²) in [5.74, 6) is 0.